The fourth-order valence-corrected chi connectivity index (χ4v) is 5.07. The predicted octanol–water partition coefficient (Wildman–Crippen LogP) is 6.06. The van der Waals surface area contributed by atoms with Crippen LogP contribution >= 0.6 is 7.95 Å². The van der Waals surface area contributed by atoms with Crippen molar-refractivity contribution in [3.8, 4) is 22.6 Å². The third-order valence-corrected chi connectivity index (χ3v) is 6.83. The van der Waals surface area contributed by atoms with Crippen LogP contribution in [0.3, 0.4) is 0 Å². The molecule has 32 heavy (non-hydrogen) atoms. The van der Waals surface area contributed by atoms with Gasteiger partial charge in [-0.2, -0.15) is 5.10 Å². The number of H-pyrrole nitrogens is 1. The minimum atomic E-state index is -0.931. The van der Waals surface area contributed by atoms with E-state index < -0.39 is 7.95 Å². The van der Waals surface area contributed by atoms with Crippen molar-refractivity contribution in [3.63, 3.8) is 0 Å². The zero-order valence-corrected chi connectivity index (χ0v) is 18.6. The lowest BCUT2D eigenvalue weighted by Crippen LogP contribution is -1.93. The molecule has 2 radical (unpaired) electrons. The normalized spacial score (nSPS) is 12.7. The van der Waals surface area contributed by atoms with Crippen LogP contribution in [0.1, 0.15) is 5.56 Å². The van der Waals surface area contributed by atoms with Crippen LogP contribution in [0.2, 0.25) is 0 Å². The Hall–Kier alpha value is -3.50. The van der Waals surface area contributed by atoms with Gasteiger partial charge in [0.2, 0.25) is 0 Å². The molecule has 7 heteroatoms. The third kappa shape index (κ3) is 2.95. The first-order chi connectivity index (χ1) is 15.6. The maximum Gasteiger partial charge on any atom is 0.159 e. The Kier molecular flexibility index (Phi) is 4.37. The van der Waals surface area contributed by atoms with Gasteiger partial charge in [-0.3, -0.25) is 9.44 Å². The molecule has 0 aliphatic carbocycles. The van der Waals surface area contributed by atoms with Crippen LogP contribution in [-0.4, -0.2) is 38.7 Å². The van der Waals surface area contributed by atoms with Crippen LogP contribution in [-0.2, 0) is 0 Å². The Morgan fingerprint density at radius 3 is 2.53 bits per heavy atom. The van der Waals surface area contributed by atoms with Crippen molar-refractivity contribution >= 4 is 48.4 Å². The van der Waals surface area contributed by atoms with Crippen molar-refractivity contribution in [1.82, 2.24) is 24.5 Å². The van der Waals surface area contributed by atoms with Gasteiger partial charge >= 0.3 is 0 Å². The van der Waals surface area contributed by atoms with Gasteiger partial charge in [0.1, 0.15) is 13.3 Å². The van der Waals surface area contributed by atoms with Crippen molar-refractivity contribution in [3.05, 3.63) is 78.5 Å². The van der Waals surface area contributed by atoms with Crippen molar-refractivity contribution in [1.29, 1.82) is 0 Å². The fraction of sp³-hybridized carbons (Fsp3) is 0.0800. The summed E-state index contributed by atoms with van der Waals surface area (Å²) >= 11 is 0. The molecule has 3 heterocycles. The summed E-state index contributed by atoms with van der Waals surface area (Å²) in [4.78, 5) is 12.9. The number of hydrogen-bond donors (Lipinski definition) is 1. The molecule has 0 aliphatic heterocycles. The van der Waals surface area contributed by atoms with Crippen LogP contribution < -0.4 is 0 Å². The molecule has 6 aromatic rings. The summed E-state index contributed by atoms with van der Waals surface area (Å²) in [6.07, 6.45) is 1.96. The molecule has 0 aliphatic rings. The zero-order chi connectivity index (χ0) is 21.8. The largest absolute Gasteiger partial charge is 0.337 e. The average molecular weight is 431 g/mol. The zero-order valence-electron chi connectivity index (χ0n) is 17.7. The summed E-state index contributed by atoms with van der Waals surface area (Å²) in [6.45, 7) is 4.15. The number of rotatable bonds is 3. The number of aromatic nitrogens is 5. The van der Waals surface area contributed by atoms with Gasteiger partial charge in [-0.05, 0) is 63.0 Å². The van der Waals surface area contributed by atoms with E-state index in [9.17, 15) is 0 Å². The van der Waals surface area contributed by atoms with Gasteiger partial charge in [0.25, 0.3) is 0 Å². The molecule has 0 saturated heterocycles. The summed E-state index contributed by atoms with van der Waals surface area (Å²) in [6, 6.07) is 22.7. The SMILES string of the molecule is [B]P(C)n1nc(-c2nc3ccccc3[nH]2)c2cc(-c3cnc4ccccc4c3C)ccc21. The molecule has 5 nitrogen and oxygen atoms in total. The fourth-order valence-electron chi connectivity index (χ4n) is 4.32. The highest BCUT2D eigenvalue weighted by molar-refractivity contribution is 7.80. The second-order valence-electron chi connectivity index (χ2n) is 7.96. The number of pyridine rings is 1. The Morgan fingerprint density at radius 1 is 0.938 bits per heavy atom. The van der Waals surface area contributed by atoms with E-state index in [0.717, 1.165) is 55.5 Å². The number of fused-ring (bicyclic) bond motifs is 3. The van der Waals surface area contributed by atoms with E-state index in [0.29, 0.717) is 0 Å². The molecule has 3 aromatic heterocycles. The molecule has 3 aromatic carbocycles. The molecule has 1 N–H and O–H groups in total. The molecule has 1 unspecified atom stereocenters. The van der Waals surface area contributed by atoms with Gasteiger partial charge in [0, 0.05) is 22.5 Å². The van der Waals surface area contributed by atoms with Crippen LogP contribution in [0.5, 0.6) is 0 Å². The number of aryl methyl sites for hydroxylation is 1. The molecule has 0 bridgehead atoms. The highest BCUT2D eigenvalue weighted by atomic mass is 31.1. The maximum atomic E-state index is 6.31. The Labute approximate surface area is 187 Å². The van der Waals surface area contributed by atoms with E-state index in [1.807, 2.05) is 53.7 Å². The van der Waals surface area contributed by atoms with E-state index in [2.05, 4.69) is 47.2 Å². The molecule has 152 valence electrons. The van der Waals surface area contributed by atoms with Crippen molar-refractivity contribution in [2.45, 2.75) is 6.92 Å². The lowest BCUT2D eigenvalue weighted by molar-refractivity contribution is 1.02. The molecule has 0 spiro atoms. The maximum absolute atomic E-state index is 6.31. The molecule has 6 rings (SSSR count). The summed E-state index contributed by atoms with van der Waals surface area (Å²) in [7, 11) is 5.38. The van der Waals surface area contributed by atoms with Crippen LogP contribution in [0.25, 0.3) is 55.5 Å². The first-order valence-corrected chi connectivity index (χ1v) is 12.2. The van der Waals surface area contributed by atoms with E-state index in [1.165, 1.54) is 5.56 Å². The highest BCUT2D eigenvalue weighted by Crippen LogP contribution is 2.38. The molecule has 1 atom stereocenters. The van der Waals surface area contributed by atoms with E-state index in [1.54, 1.807) is 0 Å². The number of hydrogen-bond acceptors (Lipinski definition) is 3. The quantitative estimate of drug-likeness (QED) is 0.274. The number of nitrogens with one attached hydrogen (secondary N) is 1. The highest BCUT2D eigenvalue weighted by Gasteiger charge is 2.18. The first-order valence-electron chi connectivity index (χ1n) is 10.4. The van der Waals surface area contributed by atoms with Crippen LogP contribution in [0.15, 0.2) is 72.9 Å². The number of imidazole rings is 1. The van der Waals surface area contributed by atoms with Crippen molar-refractivity contribution in [2.75, 3.05) is 6.66 Å². The van der Waals surface area contributed by atoms with Gasteiger partial charge in [-0.25, -0.2) is 4.98 Å². The summed E-state index contributed by atoms with van der Waals surface area (Å²) in [5, 5.41) is 7.06. The Bertz CT molecular complexity index is 1600. The predicted molar refractivity (Wildman–Crippen MR) is 134 cm³/mol. The van der Waals surface area contributed by atoms with Gasteiger partial charge < -0.3 is 4.98 Å². The topological polar surface area (TPSA) is 59.4 Å². The van der Waals surface area contributed by atoms with E-state index in [4.69, 9.17) is 17.6 Å². The minimum Gasteiger partial charge on any atom is -0.337 e. The molecular weight excluding hydrogens is 412 g/mol. The van der Waals surface area contributed by atoms with E-state index >= 15 is 0 Å². The number of benzene rings is 3. The lowest BCUT2D eigenvalue weighted by Gasteiger charge is -2.11. The van der Waals surface area contributed by atoms with Gasteiger partial charge in [0.15, 0.2) is 5.82 Å². The second kappa shape index (κ2) is 7.28. The Balaban J connectivity index is 1.60. The van der Waals surface area contributed by atoms with E-state index in [-0.39, 0.29) is 0 Å². The molecular formula is C25H19BN5P. The van der Waals surface area contributed by atoms with Gasteiger partial charge in [-0.15, -0.1) is 0 Å². The van der Waals surface area contributed by atoms with Crippen LogP contribution in [0, 0.1) is 6.92 Å². The first kappa shape index (κ1) is 19.2. The Morgan fingerprint density at radius 2 is 1.72 bits per heavy atom. The van der Waals surface area contributed by atoms with Crippen molar-refractivity contribution in [2.24, 2.45) is 0 Å². The summed E-state index contributed by atoms with van der Waals surface area (Å²) < 4.78 is 1.92. The monoisotopic (exact) mass is 431 g/mol. The molecule has 0 fully saturated rings. The standard InChI is InChI=1S/C25H19BN5P/c1-15-17-7-3-4-8-20(17)27-14-19(15)16-11-12-23-18(13-16)24(30-31(23)32(2)26)25-28-21-9-5-6-10-22(21)29-25/h3-14H,1-2H3,(H,28,29). The lowest BCUT2D eigenvalue weighted by atomic mass is 9.97. The summed E-state index contributed by atoms with van der Waals surface area (Å²) in [5.41, 5.74) is 8.15. The minimum absolute atomic E-state index is 0.748. The average Bonchev–Trinajstić information content (AvgIpc) is 3.40. The molecule has 0 amide bonds. The number of para-hydroxylation sites is 3. The number of nitrogens with zero attached hydrogens (tertiary/aromatic N) is 4. The van der Waals surface area contributed by atoms with Crippen LogP contribution in [0.4, 0.5) is 0 Å². The summed E-state index contributed by atoms with van der Waals surface area (Å²) in [5.74, 6) is 0.748. The molecule has 0 saturated carbocycles. The van der Waals surface area contributed by atoms with Crippen molar-refractivity contribution < 1.29 is 0 Å². The second-order valence-corrected chi connectivity index (χ2v) is 9.49. The smallest absolute Gasteiger partial charge is 0.159 e. The number of aromatic amines is 1. The van der Waals surface area contributed by atoms with Gasteiger partial charge in [0.05, 0.1) is 22.1 Å². The third-order valence-electron chi connectivity index (χ3n) is 5.93. The van der Waals surface area contributed by atoms with Gasteiger partial charge in [-0.1, -0.05) is 36.4 Å².